The molecule has 1 aromatic rings. The van der Waals surface area contributed by atoms with E-state index in [1.165, 1.54) is 12.3 Å². The summed E-state index contributed by atoms with van der Waals surface area (Å²) in [5.74, 6) is 0. The van der Waals surface area contributed by atoms with E-state index in [4.69, 9.17) is 0 Å². The molecule has 0 bridgehead atoms. The minimum absolute atomic E-state index is 0.658. The fraction of sp³-hybridized carbons (Fsp3) is 0.333. The second kappa shape index (κ2) is 3.77. The molecular weight excluding hydrogens is 179 g/mol. The maximum Gasteiger partial charge on any atom is 0.433 e. The van der Waals surface area contributed by atoms with Crippen molar-refractivity contribution in [2.75, 3.05) is 0 Å². The number of alkyl halides is 3. The predicted octanol–water partition coefficient (Wildman–Crippen LogP) is 2.87. The van der Waals surface area contributed by atoms with E-state index in [9.17, 15) is 13.2 Å². The minimum atomic E-state index is -4.34. The quantitative estimate of drug-likeness (QED) is 0.695. The van der Waals surface area contributed by atoms with Crippen molar-refractivity contribution >= 4 is 0 Å². The Morgan fingerprint density at radius 3 is 2.38 bits per heavy atom. The molecule has 0 saturated heterocycles. The van der Waals surface area contributed by atoms with Crippen LogP contribution in [0.1, 0.15) is 17.7 Å². The first-order valence-corrected chi connectivity index (χ1v) is 3.85. The van der Waals surface area contributed by atoms with Crippen LogP contribution >= 0.6 is 0 Å². The fourth-order valence-corrected chi connectivity index (χ4v) is 0.944. The highest BCUT2D eigenvalue weighted by molar-refractivity contribution is 5.16. The summed E-state index contributed by atoms with van der Waals surface area (Å²) in [6, 6.07) is 2.42. The van der Waals surface area contributed by atoms with Gasteiger partial charge in [0.1, 0.15) is 5.69 Å². The highest BCUT2D eigenvalue weighted by atomic mass is 19.4. The lowest BCUT2D eigenvalue weighted by atomic mass is 10.1. The Morgan fingerprint density at radius 1 is 1.31 bits per heavy atom. The third-order valence-electron chi connectivity index (χ3n) is 1.58. The van der Waals surface area contributed by atoms with Gasteiger partial charge in [-0.15, -0.1) is 0 Å². The summed E-state index contributed by atoms with van der Waals surface area (Å²) >= 11 is 0. The molecule has 0 aliphatic heterocycles. The van der Waals surface area contributed by atoms with Crippen molar-refractivity contribution in [1.29, 1.82) is 0 Å². The topological polar surface area (TPSA) is 12.9 Å². The van der Waals surface area contributed by atoms with Gasteiger partial charge < -0.3 is 0 Å². The molecule has 13 heavy (non-hydrogen) atoms. The molecule has 4 heteroatoms. The fourth-order valence-electron chi connectivity index (χ4n) is 0.944. The van der Waals surface area contributed by atoms with Crippen LogP contribution in [0.15, 0.2) is 18.3 Å². The van der Waals surface area contributed by atoms with Gasteiger partial charge in [-0.1, -0.05) is 13.0 Å². The van der Waals surface area contributed by atoms with E-state index in [0.29, 0.717) is 12.8 Å². The highest BCUT2D eigenvalue weighted by Crippen LogP contribution is 2.27. The van der Waals surface area contributed by atoms with Crippen LogP contribution in [0.5, 0.6) is 0 Å². The minimum Gasteiger partial charge on any atom is -0.252 e. The molecule has 71 valence electrons. The normalized spacial score (nSPS) is 11.7. The van der Waals surface area contributed by atoms with Crippen molar-refractivity contribution in [2.24, 2.45) is 0 Å². The Hall–Kier alpha value is -1.06. The summed E-state index contributed by atoms with van der Waals surface area (Å²) < 4.78 is 36.1. The lowest BCUT2D eigenvalue weighted by molar-refractivity contribution is -0.141. The summed E-state index contributed by atoms with van der Waals surface area (Å²) in [6.07, 6.45) is -1.78. The molecule has 0 spiro atoms. The number of nitrogens with zero attached hydrogens (tertiary/aromatic N) is 1. The van der Waals surface area contributed by atoms with Gasteiger partial charge in [0.25, 0.3) is 0 Å². The SMILES string of the molecule is [CH2]CCc1ccc(C(F)(F)F)nc1. The molecule has 0 aliphatic carbocycles. The van der Waals surface area contributed by atoms with Crippen molar-refractivity contribution < 1.29 is 13.2 Å². The number of hydrogen-bond acceptors (Lipinski definition) is 1. The Bertz CT molecular complexity index is 263. The number of rotatable bonds is 2. The van der Waals surface area contributed by atoms with E-state index < -0.39 is 11.9 Å². The third-order valence-corrected chi connectivity index (χ3v) is 1.58. The van der Waals surface area contributed by atoms with Crippen LogP contribution in [0.2, 0.25) is 0 Å². The first kappa shape index (κ1) is 10.0. The molecule has 0 N–H and O–H groups in total. The standard InChI is InChI=1S/C9H9F3N/c1-2-3-7-4-5-8(13-6-7)9(10,11)12/h4-6H,1-3H2. The molecule has 1 radical (unpaired) electrons. The lowest BCUT2D eigenvalue weighted by Gasteiger charge is -2.05. The average molecular weight is 188 g/mol. The van der Waals surface area contributed by atoms with Crippen molar-refractivity contribution in [2.45, 2.75) is 19.0 Å². The number of aryl methyl sites for hydroxylation is 1. The molecule has 1 aromatic heterocycles. The summed E-state index contributed by atoms with van der Waals surface area (Å²) in [4.78, 5) is 3.32. The zero-order valence-electron chi connectivity index (χ0n) is 6.93. The van der Waals surface area contributed by atoms with Gasteiger partial charge in [0.05, 0.1) is 0 Å². The highest BCUT2D eigenvalue weighted by Gasteiger charge is 2.31. The molecule has 1 rings (SSSR count). The Balaban J connectivity index is 2.81. The number of halogens is 3. The van der Waals surface area contributed by atoms with E-state index in [0.717, 1.165) is 11.6 Å². The summed E-state index contributed by atoms with van der Waals surface area (Å²) in [5.41, 5.74) is -0.0664. The van der Waals surface area contributed by atoms with Gasteiger partial charge in [-0.3, -0.25) is 4.98 Å². The smallest absolute Gasteiger partial charge is 0.252 e. The zero-order valence-corrected chi connectivity index (χ0v) is 6.93. The molecule has 0 amide bonds. The van der Waals surface area contributed by atoms with Crippen molar-refractivity contribution in [3.05, 3.63) is 36.5 Å². The van der Waals surface area contributed by atoms with Crippen molar-refractivity contribution in [3.63, 3.8) is 0 Å². The number of aromatic nitrogens is 1. The van der Waals surface area contributed by atoms with Crippen LogP contribution in [-0.2, 0) is 12.6 Å². The molecule has 0 aliphatic rings. The summed E-state index contributed by atoms with van der Waals surface area (Å²) in [7, 11) is 0. The van der Waals surface area contributed by atoms with Gasteiger partial charge in [0.15, 0.2) is 0 Å². The average Bonchev–Trinajstić information content (AvgIpc) is 2.04. The van der Waals surface area contributed by atoms with E-state index in [2.05, 4.69) is 11.9 Å². The van der Waals surface area contributed by atoms with Crippen LogP contribution in [0.4, 0.5) is 13.2 Å². The summed E-state index contributed by atoms with van der Waals surface area (Å²) in [6.45, 7) is 3.60. The maximum atomic E-state index is 12.0. The Labute approximate surface area is 74.6 Å². The van der Waals surface area contributed by atoms with Gasteiger partial charge in [0, 0.05) is 6.20 Å². The molecule has 0 fully saturated rings. The van der Waals surface area contributed by atoms with Crippen LogP contribution in [0.25, 0.3) is 0 Å². The van der Waals surface area contributed by atoms with E-state index >= 15 is 0 Å². The van der Waals surface area contributed by atoms with Crippen LogP contribution in [-0.4, -0.2) is 4.98 Å². The van der Waals surface area contributed by atoms with Gasteiger partial charge in [-0.25, -0.2) is 0 Å². The lowest BCUT2D eigenvalue weighted by Crippen LogP contribution is -2.07. The molecule has 1 nitrogen and oxygen atoms in total. The number of pyridine rings is 1. The second-order valence-electron chi connectivity index (χ2n) is 2.65. The van der Waals surface area contributed by atoms with E-state index in [1.807, 2.05) is 0 Å². The molecule has 0 atom stereocenters. The van der Waals surface area contributed by atoms with Crippen molar-refractivity contribution in [3.8, 4) is 0 Å². The first-order chi connectivity index (χ1) is 6.04. The van der Waals surface area contributed by atoms with Crippen LogP contribution in [0.3, 0.4) is 0 Å². The molecule has 0 aromatic carbocycles. The van der Waals surface area contributed by atoms with Gasteiger partial charge >= 0.3 is 6.18 Å². The van der Waals surface area contributed by atoms with Gasteiger partial charge in [0.2, 0.25) is 0 Å². The van der Waals surface area contributed by atoms with Crippen molar-refractivity contribution in [1.82, 2.24) is 4.98 Å². The largest absolute Gasteiger partial charge is 0.433 e. The monoisotopic (exact) mass is 188 g/mol. The van der Waals surface area contributed by atoms with Gasteiger partial charge in [-0.2, -0.15) is 13.2 Å². The Kier molecular flexibility index (Phi) is 2.90. The third kappa shape index (κ3) is 2.72. The zero-order chi connectivity index (χ0) is 9.90. The Morgan fingerprint density at radius 2 is 2.00 bits per heavy atom. The van der Waals surface area contributed by atoms with E-state index in [-0.39, 0.29) is 0 Å². The molecular formula is C9H9F3N. The number of hydrogen-bond donors (Lipinski definition) is 0. The second-order valence-corrected chi connectivity index (χ2v) is 2.65. The molecule has 1 heterocycles. The maximum absolute atomic E-state index is 12.0. The predicted molar refractivity (Wildman–Crippen MR) is 42.9 cm³/mol. The summed E-state index contributed by atoms with van der Waals surface area (Å²) in [5, 5.41) is 0. The van der Waals surface area contributed by atoms with Gasteiger partial charge in [-0.05, 0) is 24.5 Å². The molecule has 0 unspecified atom stereocenters. The van der Waals surface area contributed by atoms with E-state index in [1.54, 1.807) is 0 Å². The first-order valence-electron chi connectivity index (χ1n) is 3.85. The van der Waals surface area contributed by atoms with Crippen LogP contribution < -0.4 is 0 Å². The molecule has 0 saturated carbocycles. The van der Waals surface area contributed by atoms with Crippen LogP contribution in [0, 0.1) is 6.92 Å².